The molecule has 0 amide bonds. The molecular weight excluding hydrogens is 918 g/mol. The van der Waals surface area contributed by atoms with E-state index in [0.29, 0.717) is 23.9 Å². The van der Waals surface area contributed by atoms with E-state index in [1.54, 1.807) is 0 Å². The second kappa shape index (κ2) is 51.8. The number of likely N-dealkylation sites (N-methyl/N-ethyl adjacent to an activating group) is 1. The Morgan fingerprint density at radius 1 is 0.431 bits per heavy atom. The first-order chi connectivity index (χ1) is 35.0. The molecule has 10 heteroatoms. The number of carbonyl (C=O) groups excluding carboxylic acids is 2. The fraction of sp³-hybridized carbons (Fsp3) is 0.581. The summed E-state index contributed by atoms with van der Waals surface area (Å²) in [5.74, 6) is -0.899. The largest absolute Gasteiger partial charge is 0.756 e. The fourth-order valence-electron chi connectivity index (χ4n) is 6.66. The predicted molar refractivity (Wildman–Crippen MR) is 304 cm³/mol. The second-order valence-corrected chi connectivity index (χ2v) is 20.2. The van der Waals surface area contributed by atoms with Gasteiger partial charge in [-0.05, 0) is 116 Å². The Morgan fingerprint density at radius 2 is 0.750 bits per heavy atom. The van der Waals surface area contributed by atoms with Crippen LogP contribution in [0.25, 0.3) is 0 Å². The monoisotopic (exact) mass is 1020 g/mol. The number of quaternary nitrogens is 1. The molecule has 0 aromatic carbocycles. The van der Waals surface area contributed by atoms with Crippen LogP contribution in [0.2, 0.25) is 0 Å². The molecule has 0 bridgehead atoms. The Morgan fingerprint density at radius 3 is 1.12 bits per heavy atom. The number of allylic oxidation sites excluding steroid dienone is 24. The first-order valence-electron chi connectivity index (χ1n) is 27.5. The van der Waals surface area contributed by atoms with Crippen LogP contribution in [0.3, 0.4) is 0 Å². The quantitative estimate of drug-likeness (QED) is 0.0195. The zero-order valence-corrected chi connectivity index (χ0v) is 46.7. The standard InChI is InChI=1S/C62H100NO8P/c1-6-8-10-12-14-16-18-20-22-24-26-27-28-29-30-31-32-33-34-35-37-39-41-43-45-47-49-51-53-55-62(65)71-60(59-70-72(66,67)69-57-56-63(3,4)5)58-68-61(64)54-52-50-48-46-44-42-40-38-36-25-23-21-19-17-15-13-11-9-7-2/h8-11,14-17,20-23,26-27,29-30,32-33,35-38,42,44,60H,6-7,12-13,18-19,24-25,28,31,34,39-41,43,45-59H2,1-5H3/b10-8-,11-9-,16-14-,17-15-,22-20-,23-21-,27-26-,30-29-,33-32-,37-35-,38-36-,44-42-. The summed E-state index contributed by atoms with van der Waals surface area (Å²) in [5.41, 5.74) is 0. The van der Waals surface area contributed by atoms with Crippen molar-refractivity contribution in [2.24, 2.45) is 0 Å². The summed E-state index contributed by atoms with van der Waals surface area (Å²) in [4.78, 5) is 37.8. The molecule has 72 heavy (non-hydrogen) atoms. The van der Waals surface area contributed by atoms with Crippen molar-refractivity contribution in [3.8, 4) is 0 Å². The van der Waals surface area contributed by atoms with Gasteiger partial charge in [0.1, 0.15) is 19.8 Å². The number of hydrogen-bond donors (Lipinski definition) is 0. The molecule has 2 unspecified atom stereocenters. The Labute approximate surface area is 440 Å². The van der Waals surface area contributed by atoms with E-state index in [1.165, 1.54) is 12.8 Å². The molecule has 0 saturated heterocycles. The number of phosphoric ester groups is 1. The maximum atomic E-state index is 12.8. The van der Waals surface area contributed by atoms with E-state index in [1.807, 2.05) is 21.1 Å². The van der Waals surface area contributed by atoms with Crippen LogP contribution in [0, 0.1) is 0 Å². The van der Waals surface area contributed by atoms with Crippen LogP contribution in [-0.4, -0.2) is 70.0 Å². The van der Waals surface area contributed by atoms with E-state index < -0.39 is 32.5 Å². The summed E-state index contributed by atoms with van der Waals surface area (Å²) in [7, 11) is 1.11. The van der Waals surface area contributed by atoms with Crippen LogP contribution in [0.1, 0.15) is 181 Å². The molecule has 0 aliphatic heterocycles. The molecule has 406 valence electrons. The highest BCUT2D eigenvalue weighted by Gasteiger charge is 2.21. The molecule has 0 radical (unpaired) electrons. The van der Waals surface area contributed by atoms with Gasteiger partial charge in [0.15, 0.2) is 6.10 Å². The van der Waals surface area contributed by atoms with Crippen molar-refractivity contribution in [1.29, 1.82) is 0 Å². The SMILES string of the molecule is CC/C=C\C/C=C\C/C=C\C/C=C\C/C=C\C/C=C\C/C=C\CCCCCCCCCC(=O)OC(COC(=O)CCCCC/C=C\C/C=C\C/C=C\C/C=C\C/C=C\CC)COP(=O)([O-])OCC[N+](C)(C)C. The minimum atomic E-state index is -4.66. The van der Waals surface area contributed by atoms with E-state index in [4.69, 9.17) is 18.5 Å². The van der Waals surface area contributed by atoms with Crippen LogP contribution in [0.4, 0.5) is 0 Å². The normalized spacial score (nSPS) is 14.5. The molecule has 0 aliphatic rings. The summed E-state index contributed by atoms with van der Waals surface area (Å²) in [6.45, 7) is 3.92. The summed E-state index contributed by atoms with van der Waals surface area (Å²) >= 11 is 0. The van der Waals surface area contributed by atoms with E-state index in [2.05, 4.69) is 160 Å². The third-order valence-corrected chi connectivity index (χ3v) is 11.8. The van der Waals surface area contributed by atoms with Crippen LogP contribution in [-0.2, 0) is 32.7 Å². The summed E-state index contributed by atoms with van der Waals surface area (Å²) in [5, 5.41) is 0. The molecule has 0 spiro atoms. The minimum Gasteiger partial charge on any atom is -0.756 e. The topological polar surface area (TPSA) is 111 Å². The Hall–Kier alpha value is -4.11. The molecule has 0 fully saturated rings. The van der Waals surface area contributed by atoms with Gasteiger partial charge >= 0.3 is 11.9 Å². The summed E-state index contributed by atoms with van der Waals surface area (Å²) in [6.07, 6.45) is 76.0. The highest BCUT2D eigenvalue weighted by molar-refractivity contribution is 7.45. The lowest BCUT2D eigenvalue weighted by atomic mass is 10.1. The van der Waals surface area contributed by atoms with Crippen LogP contribution < -0.4 is 4.89 Å². The Balaban J connectivity index is 4.32. The smallest absolute Gasteiger partial charge is 0.306 e. The molecule has 2 atom stereocenters. The molecule has 0 rings (SSSR count). The van der Waals surface area contributed by atoms with Crippen molar-refractivity contribution < 1.29 is 42.1 Å². The zero-order valence-electron chi connectivity index (χ0n) is 45.8. The highest BCUT2D eigenvalue weighted by Crippen LogP contribution is 2.38. The molecule has 0 aliphatic carbocycles. The van der Waals surface area contributed by atoms with Gasteiger partial charge in [-0.15, -0.1) is 0 Å². The lowest BCUT2D eigenvalue weighted by Gasteiger charge is -2.28. The number of ether oxygens (including phenoxy) is 2. The maximum absolute atomic E-state index is 12.8. The molecule has 9 nitrogen and oxygen atoms in total. The van der Waals surface area contributed by atoms with Crippen LogP contribution in [0.15, 0.2) is 146 Å². The highest BCUT2D eigenvalue weighted by atomic mass is 31.2. The summed E-state index contributed by atoms with van der Waals surface area (Å²) in [6, 6.07) is 0. The lowest BCUT2D eigenvalue weighted by molar-refractivity contribution is -0.870. The lowest BCUT2D eigenvalue weighted by Crippen LogP contribution is -2.37. The van der Waals surface area contributed by atoms with Gasteiger partial charge in [-0.25, -0.2) is 0 Å². The fourth-order valence-corrected chi connectivity index (χ4v) is 7.39. The van der Waals surface area contributed by atoms with Crippen molar-refractivity contribution in [3.63, 3.8) is 0 Å². The van der Waals surface area contributed by atoms with Crippen molar-refractivity contribution in [3.05, 3.63) is 146 Å². The number of carbonyl (C=O) groups is 2. The van der Waals surface area contributed by atoms with Crippen LogP contribution >= 0.6 is 7.82 Å². The molecule has 0 heterocycles. The van der Waals surface area contributed by atoms with Gasteiger partial charge < -0.3 is 27.9 Å². The number of hydrogen-bond acceptors (Lipinski definition) is 8. The summed E-state index contributed by atoms with van der Waals surface area (Å²) < 4.78 is 34.1. The second-order valence-electron chi connectivity index (χ2n) is 18.8. The van der Waals surface area contributed by atoms with E-state index in [9.17, 15) is 19.0 Å². The molecular formula is C62H100NO8P. The maximum Gasteiger partial charge on any atom is 0.306 e. The number of unbranched alkanes of at least 4 members (excludes halogenated alkanes) is 10. The van der Waals surface area contributed by atoms with Crippen molar-refractivity contribution in [2.75, 3.05) is 47.5 Å². The zero-order chi connectivity index (χ0) is 52.7. The molecule has 0 saturated carbocycles. The van der Waals surface area contributed by atoms with Crippen LogP contribution in [0.5, 0.6) is 0 Å². The predicted octanol–water partition coefficient (Wildman–Crippen LogP) is 16.5. The van der Waals surface area contributed by atoms with Crippen molar-refractivity contribution in [1.82, 2.24) is 0 Å². The minimum absolute atomic E-state index is 0.0480. The van der Waals surface area contributed by atoms with Crippen molar-refractivity contribution in [2.45, 2.75) is 187 Å². The Kier molecular flexibility index (Phi) is 48.8. The number of nitrogens with zero attached hydrogens (tertiary/aromatic N) is 1. The van der Waals surface area contributed by atoms with E-state index in [-0.39, 0.29) is 26.1 Å². The van der Waals surface area contributed by atoms with E-state index in [0.717, 1.165) is 128 Å². The third kappa shape index (κ3) is 55.2. The van der Waals surface area contributed by atoms with Gasteiger partial charge in [0.05, 0.1) is 27.7 Å². The first kappa shape index (κ1) is 67.9. The number of phosphoric acid groups is 1. The van der Waals surface area contributed by atoms with Gasteiger partial charge in [0.2, 0.25) is 0 Å². The molecule has 0 N–H and O–H groups in total. The van der Waals surface area contributed by atoms with Gasteiger partial charge in [-0.1, -0.05) is 198 Å². The van der Waals surface area contributed by atoms with Gasteiger partial charge in [0.25, 0.3) is 7.82 Å². The number of esters is 2. The third-order valence-electron chi connectivity index (χ3n) is 10.9. The first-order valence-corrected chi connectivity index (χ1v) is 29.0. The van der Waals surface area contributed by atoms with Gasteiger partial charge in [-0.2, -0.15) is 0 Å². The Bertz CT molecular complexity index is 1720. The molecule has 0 aromatic heterocycles. The average molecular weight is 1020 g/mol. The number of rotatable bonds is 48. The van der Waals surface area contributed by atoms with Crippen molar-refractivity contribution >= 4 is 19.8 Å². The molecule has 0 aromatic rings. The van der Waals surface area contributed by atoms with E-state index >= 15 is 0 Å². The average Bonchev–Trinajstić information content (AvgIpc) is 3.34. The van der Waals surface area contributed by atoms with Gasteiger partial charge in [0, 0.05) is 12.8 Å². The van der Waals surface area contributed by atoms with Gasteiger partial charge in [-0.3, -0.25) is 14.2 Å².